The largest absolute Gasteiger partial charge is 0.478 e. The van der Waals surface area contributed by atoms with Crippen LogP contribution in [0.5, 0.6) is 0 Å². The molecule has 154 valence electrons. The molecule has 0 saturated heterocycles. The molecule has 0 spiro atoms. The van der Waals surface area contributed by atoms with Crippen LogP contribution >= 0.6 is 0 Å². The summed E-state index contributed by atoms with van der Waals surface area (Å²) in [7, 11) is 0. The van der Waals surface area contributed by atoms with Crippen LogP contribution in [0.15, 0.2) is 38.0 Å². The van der Waals surface area contributed by atoms with Crippen LogP contribution in [-0.4, -0.2) is 42.0 Å². The molecular weight excluding hydrogens is 358 g/mol. The standard InChI is InChI=1S/C12H18O4.C3H7NO2.C3H4O2/c1-4-7-8-9-12(15-10(13)5-2)16-11(14)6-3;1-2-6-3(4)5;1-2-3(4)5/h5-6,12H,2-4,7-9H2,1H3;2H2,1H3,(H2,4,5);2H,1H2,(H,4,5). The molecule has 0 fully saturated rings. The molecule has 9 heteroatoms. The Balaban J connectivity index is -0.000000428. The number of nitrogens with two attached hydrogens (primary N) is 1. The molecule has 0 aromatic carbocycles. The number of ether oxygens (including phenoxy) is 3. The minimum absolute atomic E-state index is 0.356. The van der Waals surface area contributed by atoms with Gasteiger partial charge >= 0.3 is 24.0 Å². The highest BCUT2D eigenvalue weighted by Crippen LogP contribution is 2.09. The molecule has 0 rings (SSSR count). The van der Waals surface area contributed by atoms with E-state index in [-0.39, 0.29) is 0 Å². The summed E-state index contributed by atoms with van der Waals surface area (Å²) in [5.41, 5.74) is 4.54. The van der Waals surface area contributed by atoms with Crippen LogP contribution in [0.4, 0.5) is 4.79 Å². The van der Waals surface area contributed by atoms with Gasteiger partial charge in [-0.25, -0.2) is 19.2 Å². The fourth-order valence-electron chi connectivity index (χ4n) is 1.20. The molecule has 0 unspecified atom stereocenters. The molecule has 0 atom stereocenters. The average molecular weight is 387 g/mol. The summed E-state index contributed by atoms with van der Waals surface area (Å²) < 4.78 is 13.9. The third-order valence-electron chi connectivity index (χ3n) is 2.33. The van der Waals surface area contributed by atoms with Crippen LogP contribution in [0.3, 0.4) is 0 Å². The van der Waals surface area contributed by atoms with Crippen molar-refractivity contribution in [3.05, 3.63) is 38.0 Å². The second-order valence-corrected chi connectivity index (χ2v) is 4.50. The number of carboxylic acids is 1. The van der Waals surface area contributed by atoms with Gasteiger partial charge in [0.25, 0.3) is 0 Å². The number of carboxylic acid groups (broad SMARTS) is 1. The van der Waals surface area contributed by atoms with E-state index >= 15 is 0 Å². The predicted molar refractivity (Wildman–Crippen MR) is 99.6 cm³/mol. The monoisotopic (exact) mass is 387 g/mol. The Morgan fingerprint density at radius 1 is 0.963 bits per heavy atom. The minimum Gasteiger partial charge on any atom is -0.478 e. The van der Waals surface area contributed by atoms with E-state index in [0.29, 0.717) is 13.0 Å². The lowest BCUT2D eigenvalue weighted by Gasteiger charge is -2.16. The lowest BCUT2D eigenvalue weighted by atomic mass is 10.2. The number of hydrogen-bond donors (Lipinski definition) is 2. The van der Waals surface area contributed by atoms with Gasteiger partial charge in [-0.05, 0) is 13.3 Å². The normalized spacial score (nSPS) is 8.56. The highest BCUT2D eigenvalue weighted by molar-refractivity contribution is 5.83. The maximum atomic E-state index is 11.0. The lowest BCUT2D eigenvalue weighted by Crippen LogP contribution is -2.23. The van der Waals surface area contributed by atoms with E-state index in [9.17, 15) is 19.2 Å². The zero-order valence-corrected chi connectivity index (χ0v) is 15.8. The van der Waals surface area contributed by atoms with Crippen molar-refractivity contribution in [2.24, 2.45) is 5.73 Å². The van der Waals surface area contributed by atoms with Gasteiger partial charge in [0.15, 0.2) is 0 Å². The van der Waals surface area contributed by atoms with Gasteiger partial charge in [0, 0.05) is 24.6 Å². The first-order valence-electron chi connectivity index (χ1n) is 8.11. The first-order chi connectivity index (χ1) is 12.7. The zero-order chi connectivity index (χ0) is 21.7. The highest BCUT2D eigenvalue weighted by Gasteiger charge is 2.15. The Hall–Kier alpha value is -3.10. The number of carbonyl (C=O) groups is 4. The quantitative estimate of drug-likeness (QED) is 0.252. The van der Waals surface area contributed by atoms with E-state index in [1.54, 1.807) is 6.92 Å². The maximum absolute atomic E-state index is 11.0. The first kappa shape index (κ1) is 28.7. The highest BCUT2D eigenvalue weighted by atomic mass is 16.7. The molecule has 0 aliphatic carbocycles. The van der Waals surface area contributed by atoms with Crippen molar-refractivity contribution in [3.63, 3.8) is 0 Å². The molecule has 0 aromatic rings. The average Bonchev–Trinajstić information content (AvgIpc) is 2.62. The topological polar surface area (TPSA) is 142 Å². The van der Waals surface area contributed by atoms with Crippen LogP contribution in [-0.2, 0) is 28.6 Å². The van der Waals surface area contributed by atoms with E-state index in [1.165, 1.54) is 0 Å². The molecule has 0 radical (unpaired) electrons. The zero-order valence-electron chi connectivity index (χ0n) is 15.8. The van der Waals surface area contributed by atoms with Gasteiger partial charge in [0.1, 0.15) is 0 Å². The van der Waals surface area contributed by atoms with Gasteiger partial charge in [0.05, 0.1) is 6.61 Å². The Morgan fingerprint density at radius 3 is 1.63 bits per heavy atom. The van der Waals surface area contributed by atoms with Gasteiger partial charge in [-0.15, -0.1) is 0 Å². The van der Waals surface area contributed by atoms with Crippen molar-refractivity contribution in [1.29, 1.82) is 0 Å². The number of hydrogen-bond acceptors (Lipinski definition) is 7. The molecular formula is C18H29NO8. The third-order valence-corrected chi connectivity index (χ3v) is 2.33. The van der Waals surface area contributed by atoms with Crippen LogP contribution in [0.1, 0.15) is 39.5 Å². The SMILES string of the molecule is C=CC(=O)O.C=CC(=O)OC(CCCCC)OC(=O)C=C.CCOC(N)=O. The van der Waals surface area contributed by atoms with Gasteiger partial charge in [-0.3, -0.25) is 0 Å². The fraction of sp³-hybridized carbons (Fsp3) is 0.444. The van der Waals surface area contributed by atoms with E-state index < -0.39 is 30.3 Å². The summed E-state index contributed by atoms with van der Waals surface area (Å²) in [6.45, 7) is 13.6. The molecule has 0 aliphatic rings. The molecule has 9 nitrogen and oxygen atoms in total. The summed E-state index contributed by atoms with van der Waals surface area (Å²) in [6, 6.07) is 0. The van der Waals surface area contributed by atoms with Crippen LogP contribution in [0.25, 0.3) is 0 Å². The van der Waals surface area contributed by atoms with Gasteiger partial charge in [0.2, 0.25) is 6.29 Å². The second-order valence-electron chi connectivity index (χ2n) is 4.50. The van der Waals surface area contributed by atoms with Crippen molar-refractivity contribution in [3.8, 4) is 0 Å². The maximum Gasteiger partial charge on any atom is 0.404 e. The number of amides is 1. The summed E-state index contributed by atoms with van der Waals surface area (Å²) in [6.07, 6.45) is 4.71. The van der Waals surface area contributed by atoms with Crippen molar-refractivity contribution in [2.45, 2.75) is 45.8 Å². The minimum atomic E-state index is -0.981. The Morgan fingerprint density at radius 2 is 1.41 bits per heavy atom. The number of unbranched alkanes of at least 4 members (excludes halogenated alkanes) is 2. The van der Waals surface area contributed by atoms with Gasteiger partial charge < -0.3 is 25.1 Å². The van der Waals surface area contributed by atoms with Crippen molar-refractivity contribution < 1.29 is 38.5 Å². The molecule has 0 bridgehead atoms. The number of aliphatic carboxylic acids is 1. The molecule has 3 N–H and O–H groups in total. The van der Waals surface area contributed by atoms with Crippen molar-refractivity contribution in [1.82, 2.24) is 0 Å². The van der Waals surface area contributed by atoms with E-state index in [4.69, 9.17) is 14.6 Å². The van der Waals surface area contributed by atoms with E-state index in [2.05, 4.69) is 37.1 Å². The molecule has 0 aromatic heterocycles. The summed E-state index contributed by atoms with van der Waals surface area (Å²) in [5.74, 6) is -2.18. The molecule has 0 aliphatic heterocycles. The molecule has 0 saturated carbocycles. The number of esters is 2. The van der Waals surface area contributed by atoms with E-state index in [1.807, 2.05) is 0 Å². The Kier molecular flexibility index (Phi) is 22.3. The van der Waals surface area contributed by atoms with Crippen LogP contribution in [0.2, 0.25) is 0 Å². The van der Waals surface area contributed by atoms with Crippen molar-refractivity contribution >= 4 is 24.0 Å². The Labute approximate surface area is 159 Å². The lowest BCUT2D eigenvalue weighted by molar-refractivity contribution is -0.182. The number of carbonyl (C=O) groups excluding carboxylic acids is 3. The van der Waals surface area contributed by atoms with Crippen LogP contribution in [0, 0.1) is 0 Å². The van der Waals surface area contributed by atoms with Crippen LogP contribution < -0.4 is 5.73 Å². The summed E-state index contributed by atoms with van der Waals surface area (Å²) >= 11 is 0. The molecule has 0 heterocycles. The van der Waals surface area contributed by atoms with Gasteiger partial charge in [-0.1, -0.05) is 39.5 Å². The van der Waals surface area contributed by atoms with Crippen molar-refractivity contribution in [2.75, 3.05) is 6.61 Å². The fourth-order valence-corrected chi connectivity index (χ4v) is 1.20. The van der Waals surface area contributed by atoms with Gasteiger partial charge in [-0.2, -0.15) is 0 Å². The Bertz CT molecular complexity index is 466. The first-order valence-corrected chi connectivity index (χ1v) is 8.11. The number of primary amides is 1. The second kappa shape index (κ2) is 20.9. The predicted octanol–water partition coefficient (Wildman–Crippen LogP) is 2.71. The third kappa shape index (κ3) is 28.0. The summed E-state index contributed by atoms with van der Waals surface area (Å²) in [5, 5.41) is 7.60. The molecule has 1 amide bonds. The summed E-state index contributed by atoms with van der Waals surface area (Å²) in [4.78, 5) is 40.8. The number of rotatable bonds is 10. The van der Waals surface area contributed by atoms with E-state index in [0.717, 1.165) is 37.5 Å². The smallest absolute Gasteiger partial charge is 0.404 e. The molecule has 27 heavy (non-hydrogen) atoms.